The number of hydrogen-bond acceptors (Lipinski definition) is 3. The minimum atomic E-state index is 0. The van der Waals surface area contributed by atoms with Gasteiger partial charge in [-0.1, -0.05) is 35.9 Å². The topological polar surface area (TPSA) is 15.3 Å². The highest BCUT2D eigenvalue weighted by Crippen LogP contribution is 2.32. The van der Waals surface area contributed by atoms with E-state index in [4.69, 9.17) is 0 Å². The van der Waals surface area contributed by atoms with Crippen molar-refractivity contribution >= 4 is 36.2 Å². The van der Waals surface area contributed by atoms with Gasteiger partial charge in [0, 0.05) is 31.1 Å². The van der Waals surface area contributed by atoms with E-state index in [1.807, 2.05) is 11.3 Å². The molecule has 5 heteroatoms. The Morgan fingerprint density at radius 1 is 1.05 bits per heavy atom. The number of rotatable bonds is 3. The van der Waals surface area contributed by atoms with Crippen molar-refractivity contribution in [2.24, 2.45) is 0 Å². The molecule has 1 aromatic heterocycles. The quantitative estimate of drug-likeness (QED) is 0.908. The van der Waals surface area contributed by atoms with Gasteiger partial charge in [0.1, 0.15) is 0 Å². The monoisotopic (exact) mass is 344 g/mol. The highest BCUT2D eigenvalue weighted by molar-refractivity contribution is 7.10. The number of halogens is 2. The number of nitrogens with one attached hydrogen (secondary N) is 1. The van der Waals surface area contributed by atoms with Crippen LogP contribution in [0.15, 0.2) is 41.8 Å². The van der Waals surface area contributed by atoms with E-state index in [1.54, 1.807) is 0 Å². The lowest BCUT2D eigenvalue weighted by Gasteiger charge is -2.34. The number of piperazine rings is 1. The van der Waals surface area contributed by atoms with Gasteiger partial charge in [-0.25, -0.2) is 0 Å². The van der Waals surface area contributed by atoms with Crippen LogP contribution < -0.4 is 5.32 Å². The Hall–Kier alpha value is -0.580. The van der Waals surface area contributed by atoms with E-state index in [1.165, 1.54) is 16.0 Å². The molecule has 0 saturated carbocycles. The Balaban J connectivity index is 0.00000110. The van der Waals surface area contributed by atoms with Crippen LogP contribution in [0.1, 0.15) is 22.0 Å². The van der Waals surface area contributed by atoms with Gasteiger partial charge >= 0.3 is 0 Å². The molecule has 21 heavy (non-hydrogen) atoms. The van der Waals surface area contributed by atoms with Crippen molar-refractivity contribution in [3.8, 4) is 0 Å². The molecule has 0 aliphatic carbocycles. The SMILES string of the molecule is Cc1ccc([C@H](c2cccs2)N2CCNCC2)cc1.Cl.Cl. The molecular formula is C16H22Cl2N2S. The van der Waals surface area contributed by atoms with Gasteiger partial charge in [-0.3, -0.25) is 4.90 Å². The number of aryl methyl sites for hydroxylation is 1. The van der Waals surface area contributed by atoms with E-state index in [9.17, 15) is 0 Å². The fourth-order valence-electron chi connectivity index (χ4n) is 2.69. The van der Waals surface area contributed by atoms with Crippen LogP contribution in [0.2, 0.25) is 0 Å². The van der Waals surface area contributed by atoms with E-state index in [0.717, 1.165) is 26.2 Å². The van der Waals surface area contributed by atoms with Crippen LogP contribution in [0.5, 0.6) is 0 Å². The summed E-state index contributed by atoms with van der Waals surface area (Å²) in [6.45, 7) is 6.57. The molecule has 0 spiro atoms. The smallest absolute Gasteiger partial charge is 0.0696 e. The average molecular weight is 345 g/mol. The summed E-state index contributed by atoms with van der Waals surface area (Å²) in [6, 6.07) is 13.8. The first-order valence-electron chi connectivity index (χ1n) is 6.89. The van der Waals surface area contributed by atoms with Crippen LogP contribution in [0.4, 0.5) is 0 Å². The van der Waals surface area contributed by atoms with Crippen molar-refractivity contribution < 1.29 is 0 Å². The van der Waals surface area contributed by atoms with Crippen molar-refractivity contribution in [2.75, 3.05) is 26.2 Å². The molecule has 0 unspecified atom stereocenters. The summed E-state index contributed by atoms with van der Waals surface area (Å²) in [6.07, 6.45) is 0. The first-order chi connectivity index (χ1) is 9.34. The van der Waals surface area contributed by atoms with Gasteiger partial charge < -0.3 is 5.32 Å². The average Bonchev–Trinajstić information content (AvgIpc) is 2.96. The molecule has 3 rings (SSSR count). The first-order valence-corrected chi connectivity index (χ1v) is 7.77. The number of thiophene rings is 1. The molecule has 2 nitrogen and oxygen atoms in total. The summed E-state index contributed by atoms with van der Waals surface area (Å²) in [4.78, 5) is 4.04. The van der Waals surface area contributed by atoms with Crippen molar-refractivity contribution in [1.29, 1.82) is 0 Å². The van der Waals surface area contributed by atoms with Crippen LogP contribution in [0.25, 0.3) is 0 Å². The normalized spacial score (nSPS) is 16.6. The molecule has 2 heterocycles. The van der Waals surface area contributed by atoms with Crippen LogP contribution >= 0.6 is 36.2 Å². The Morgan fingerprint density at radius 3 is 2.29 bits per heavy atom. The fourth-order valence-corrected chi connectivity index (χ4v) is 3.58. The molecule has 1 fully saturated rings. The molecule has 1 aromatic carbocycles. The highest BCUT2D eigenvalue weighted by atomic mass is 35.5. The molecule has 0 radical (unpaired) electrons. The van der Waals surface area contributed by atoms with Gasteiger partial charge in [0.15, 0.2) is 0 Å². The summed E-state index contributed by atoms with van der Waals surface area (Å²) in [5, 5.41) is 5.62. The third-order valence-corrected chi connectivity index (χ3v) is 4.65. The summed E-state index contributed by atoms with van der Waals surface area (Å²) in [5.41, 5.74) is 2.74. The molecule has 1 N–H and O–H groups in total. The lowest BCUT2D eigenvalue weighted by atomic mass is 10.0. The van der Waals surface area contributed by atoms with Crippen molar-refractivity contribution in [3.63, 3.8) is 0 Å². The minimum Gasteiger partial charge on any atom is -0.314 e. The fraction of sp³-hybridized carbons (Fsp3) is 0.375. The molecule has 1 aliphatic heterocycles. The molecule has 1 aliphatic rings. The van der Waals surface area contributed by atoms with E-state index < -0.39 is 0 Å². The van der Waals surface area contributed by atoms with Crippen LogP contribution in [0, 0.1) is 6.92 Å². The molecule has 1 saturated heterocycles. The summed E-state index contributed by atoms with van der Waals surface area (Å²) in [7, 11) is 0. The van der Waals surface area contributed by atoms with Crippen LogP contribution in [0.3, 0.4) is 0 Å². The van der Waals surface area contributed by atoms with Crippen LogP contribution in [-0.4, -0.2) is 31.1 Å². The van der Waals surface area contributed by atoms with E-state index >= 15 is 0 Å². The Kier molecular flexibility index (Phi) is 7.71. The van der Waals surface area contributed by atoms with Crippen molar-refractivity contribution in [2.45, 2.75) is 13.0 Å². The molecular weight excluding hydrogens is 323 g/mol. The second-order valence-electron chi connectivity index (χ2n) is 5.11. The second-order valence-corrected chi connectivity index (χ2v) is 6.09. The van der Waals surface area contributed by atoms with E-state index in [0.29, 0.717) is 6.04 Å². The zero-order valence-corrected chi connectivity index (χ0v) is 14.6. The zero-order chi connectivity index (χ0) is 13.1. The third-order valence-electron chi connectivity index (χ3n) is 3.72. The van der Waals surface area contributed by atoms with Gasteiger partial charge in [-0.2, -0.15) is 0 Å². The maximum absolute atomic E-state index is 3.44. The highest BCUT2D eigenvalue weighted by Gasteiger charge is 2.24. The largest absolute Gasteiger partial charge is 0.314 e. The molecule has 2 aromatic rings. The van der Waals surface area contributed by atoms with Gasteiger partial charge in [-0.05, 0) is 23.9 Å². The summed E-state index contributed by atoms with van der Waals surface area (Å²) >= 11 is 1.86. The lowest BCUT2D eigenvalue weighted by molar-refractivity contribution is 0.200. The van der Waals surface area contributed by atoms with Gasteiger partial charge in [0.2, 0.25) is 0 Å². The second kappa shape index (κ2) is 8.76. The van der Waals surface area contributed by atoms with Gasteiger partial charge in [0.25, 0.3) is 0 Å². The molecule has 0 amide bonds. The van der Waals surface area contributed by atoms with Gasteiger partial charge in [0.05, 0.1) is 6.04 Å². The molecule has 116 valence electrons. The van der Waals surface area contributed by atoms with Crippen molar-refractivity contribution in [3.05, 3.63) is 57.8 Å². The number of nitrogens with zero attached hydrogens (tertiary/aromatic N) is 1. The maximum atomic E-state index is 3.44. The van der Waals surface area contributed by atoms with E-state index in [2.05, 4.69) is 58.9 Å². The Labute approximate surface area is 143 Å². The standard InChI is InChI=1S/C16H20N2S.2ClH/c1-13-4-6-14(7-5-13)16(15-3-2-12-19-15)18-10-8-17-9-11-18;;/h2-7,12,16-17H,8-11H2,1H3;2*1H/t16-;;/m1../s1. The number of hydrogen-bond donors (Lipinski definition) is 1. The van der Waals surface area contributed by atoms with Crippen molar-refractivity contribution in [1.82, 2.24) is 10.2 Å². The Bertz CT molecular complexity index is 508. The molecule has 1 atom stereocenters. The summed E-state index contributed by atoms with van der Waals surface area (Å²) < 4.78 is 0. The Morgan fingerprint density at radius 2 is 1.71 bits per heavy atom. The molecule has 0 bridgehead atoms. The predicted octanol–water partition coefficient (Wildman–Crippen LogP) is 3.89. The maximum Gasteiger partial charge on any atom is 0.0696 e. The van der Waals surface area contributed by atoms with E-state index in [-0.39, 0.29) is 24.8 Å². The lowest BCUT2D eigenvalue weighted by Crippen LogP contribution is -2.45. The zero-order valence-electron chi connectivity index (χ0n) is 12.1. The predicted molar refractivity (Wildman–Crippen MR) is 96.3 cm³/mol. The summed E-state index contributed by atoms with van der Waals surface area (Å²) in [5.74, 6) is 0. The third kappa shape index (κ3) is 4.44. The first kappa shape index (κ1) is 18.5. The number of benzene rings is 1. The minimum absolute atomic E-state index is 0. The van der Waals surface area contributed by atoms with Gasteiger partial charge in [-0.15, -0.1) is 36.2 Å². The van der Waals surface area contributed by atoms with Crippen LogP contribution in [-0.2, 0) is 0 Å².